The number of aryl methyl sites for hydroxylation is 2. The van der Waals surface area contributed by atoms with Gasteiger partial charge in [-0.25, -0.2) is 4.98 Å². The number of anilines is 2. The third-order valence-electron chi connectivity index (χ3n) is 3.82. The third kappa shape index (κ3) is 6.77. The van der Waals surface area contributed by atoms with Crippen LogP contribution < -0.4 is 15.5 Å². The number of rotatable bonds is 8. The van der Waals surface area contributed by atoms with Crippen LogP contribution in [0.2, 0.25) is 0 Å². The highest BCUT2D eigenvalue weighted by Crippen LogP contribution is 2.20. The summed E-state index contributed by atoms with van der Waals surface area (Å²) < 4.78 is 0. The maximum atomic E-state index is 12.8. The lowest BCUT2D eigenvalue weighted by Gasteiger charge is -2.24. The highest BCUT2D eigenvalue weighted by Gasteiger charge is 2.21. The standard InChI is InChI=1S/C20H26N4O3S/c1-13(2)22-18(26)12-24(16-10-14(3)9-15(4)11-16)19(27)6-5-17(25)23-20-21-7-8-28-20/h7-11,13H,5-6,12H2,1-4H3,(H,22,26)(H,21,23,25). The van der Waals surface area contributed by atoms with E-state index < -0.39 is 0 Å². The van der Waals surface area contributed by atoms with E-state index in [1.807, 2.05) is 45.9 Å². The third-order valence-corrected chi connectivity index (χ3v) is 4.50. The lowest BCUT2D eigenvalue weighted by Crippen LogP contribution is -2.43. The normalized spacial score (nSPS) is 10.6. The van der Waals surface area contributed by atoms with Crippen molar-refractivity contribution >= 4 is 39.9 Å². The molecule has 0 unspecified atom stereocenters. The Kier molecular flexibility index (Phi) is 7.69. The van der Waals surface area contributed by atoms with E-state index in [0.29, 0.717) is 10.8 Å². The Morgan fingerprint density at radius 1 is 1.07 bits per heavy atom. The first-order valence-corrected chi connectivity index (χ1v) is 10.00. The summed E-state index contributed by atoms with van der Waals surface area (Å²) in [5.41, 5.74) is 2.65. The molecule has 7 nitrogen and oxygen atoms in total. The van der Waals surface area contributed by atoms with E-state index in [0.717, 1.165) is 11.1 Å². The van der Waals surface area contributed by atoms with Crippen molar-refractivity contribution in [1.29, 1.82) is 0 Å². The van der Waals surface area contributed by atoms with Crippen molar-refractivity contribution in [3.8, 4) is 0 Å². The van der Waals surface area contributed by atoms with Crippen LogP contribution in [0.1, 0.15) is 37.8 Å². The fourth-order valence-corrected chi connectivity index (χ4v) is 3.31. The zero-order valence-corrected chi connectivity index (χ0v) is 17.4. The van der Waals surface area contributed by atoms with Gasteiger partial charge in [0, 0.05) is 36.1 Å². The number of benzene rings is 1. The number of amides is 3. The van der Waals surface area contributed by atoms with Gasteiger partial charge in [-0.15, -0.1) is 11.3 Å². The second-order valence-electron chi connectivity index (χ2n) is 6.93. The Labute approximate surface area is 169 Å². The van der Waals surface area contributed by atoms with Crippen molar-refractivity contribution in [2.45, 2.75) is 46.6 Å². The highest BCUT2D eigenvalue weighted by molar-refractivity contribution is 7.13. The molecule has 0 fully saturated rings. The number of nitrogens with one attached hydrogen (secondary N) is 2. The SMILES string of the molecule is Cc1cc(C)cc(N(CC(=O)NC(C)C)C(=O)CCC(=O)Nc2nccs2)c1. The van der Waals surface area contributed by atoms with Gasteiger partial charge in [-0.05, 0) is 51.0 Å². The van der Waals surface area contributed by atoms with Crippen LogP contribution in [0, 0.1) is 13.8 Å². The van der Waals surface area contributed by atoms with Gasteiger partial charge >= 0.3 is 0 Å². The molecule has 0 saturated carbocycles. The van der Waals surface area contributed by atoms with Crippen LogP contribution >= 0.6 is 11.3 Å². The molecule has 0 spiro atoms. The summed E-state index contributed by atoms with van der Waals surface area (Å²) in [5, 5.41) is 7.72. The van der Waals surface area contributed by atoms with Crippen LogP contribution in [-0.4, -0.2) is 35.3 Å². The molecule has 1 aromatic carbocycles. The molecule has 0 radical (unpaired) electrons. The Hall–Kier alpha value is -2.74. The van der Waals surface area contributed by atoms with Gasteiger partial charge in [-0.1, -0.05) is 6.07 Å². The second-order valence-corrected chi connectivity index (χ2v) is 7.83. The van der Waals surface area contributed by atoms with Gasteiger partial charge in [0.2, 0.25) is 17.7 Å². The number of thiazole rings is 1. The van der Waals surface area contributed by atoms with Crippen LogP contribution in [0.15, 0.2) is 29.8 Å². The van der Waals surface area contributed by atoms with Gasteiger partial charge in [0.1, 0.15) is 6.54 Å². The molecule has 0 aliphatic rings. The number of carbonyl (C=O) groups is 3. The van der Waals surface area contributed by atoms with Crippen molar-refractivity contribution in [3.63, 3.8) is 0 Å². The maximum absolute atomic E-state index is 12.8. The predicted molar refractivity (Wildman–Crippen MR) is 112 cm³/mol. The predicted octanol–water partition coefficient (Wildman–Crippen LogP) is 3.04. The quantitative estimate of drug-likeness (QED) is 0.710. The molecule has 0 bridgehead atoms. The summed E-state index contributed by atoms with van der Waals surface area (Å²) in [4.78, 5) is 42.6. The molecule has 1 heterocycles. The van der Waals surface area contributed by atoms with Gasteiger partial charge in [0.15, 0.2) is 5.13 Å². The van der Waals surface area contributed by atoms with Crippen LogP contribution in [-0.2, 0) is 14.4 Å². The molecule has 2 rings (SSSR count). The average Bonchev–Trinajstić information content (AvgIpc) is 3.09. The van der Waals surface area contributed by atoms with Gasteiger partial charge in [-0.2, -0.15) is 0 Å². The first kappa shape index (κ1) is 21.6. The van der Waals surface area contributed by atoms with Gasteiger partial charge in [0.05, 0.1) is 0 Å². The molecule has 8 heteroatoms. The number of aromatic nitrogens is 1. The molecule has 150 valence electrons. The lowest BCUT2D eigenvalue weighted by molar-refractivity contribution is -0.125. The Bertz CT molecular complexity index is 814. The summed E-state index contributed by atoms with van der Waals surface area (Å²) in [5.74, 6) is -0.803. The maximum Gasteiger partial charge on any atom is 0.240 e. The fourth-order valence-electron chi connectivity index (χ4n) is 2.76. The van der Waals surface area contributed by atoms with E-state index in [9.17, 15) is 14.4 Å². The van der Waals surface area contributed by atoms with Crippen LogP contribution in [0.3, 0.4) is 0 Å². The molecular weight excluding hydrogens is 376 g/mol. The number of carbonyl (C=O) groups excluding carboxylic acids is 3. The van der Waals surface area contributed by atoms with Crippen molar-refractivity contribution in [1.82, 2.24) is 10.3 Å². The van der Waals surface area contributed by atoms with Crippen LogP contribution in [0.5, 0.6) is 0 Å². The van der Waals surface area contributed by atoms with Gasteiger partial charge in [0.25, 0.3) is 0 Å². The largest absolute Gasteiger partial charge is 0.352 e. The van der Waals surface area contributed by atoms with Crippen molar-refractivity contribution < 1.29 is 14.4 Å². The van der Waals surface area contributed by atoms with Crippen molar-refractivity contribution in [2.24, 2.45) is 0 Å². The van der Waals surface area contributed by atoms with Crippen molar-refractivity contribution in [3.05, 3.63) is 40.9 Å². The first-order valence-electron chi connectivity index (χ1n) is 9.12. The van der Waals surface area contributed by atoms with E-state index in [1.165, 1.54) is 16.2 Å². The first-order chi connectivity index (χ1) is 13.2. The molecule has 0 aliphatic carbocycles. The Morgan fingerprint density at radius 3 is 2.32 bits per heavy atom. The monoisotopic (exact) mass is 402 g/mol. The molecular formula is C20H26N4O3S. The molecule has 2 aromatic rings. The van der Waals surface area contributed by atoms with E-state index in [2.05, 4.69) is 15.6 Å². The smallest absolute Gasteiger partial charge is 0.240 e. The number of nitrogens with zero attached hydrogens (tertiary/aromatic N) is 2. The number of hydrogen-bond donors (Lipinski definition) is 2. The molecule has 0 saturated heterocycles. The summed E-state index contributed by atoms with van der Waals surface area (Å²) in [6.07, 6.45) is 1.62. The second kappa shape index (κ2) is 9.98. The zero-order valence-electron chi connectivity index (χ0n) is 16.6. The van der Waals surface area contributed by atoms with Crippen LogP contribution in [0.4, 0.5) is 10.8 Å². The molecule has 28 heavy (non-hydrogen) atoms. The average molecular weight is 403 g/mol. The topological polar surface area (TPSA) is 91.4 Å². The molecule has 1 aromatic heterocycles. The summed E-state index contributed by atoms with van der Waals surface area (Å²) in [7, 11) is 0. The molecule has 0 atom stereocenters. The Balaban J connectivity index is 2.09. The fraction of sp³-hybridized carbons (Fsp3) is 0.400. The molecule has 3 amide bonds. The van der Waals surface area contributed by atoms with E-state index in [4.69, 9.17) is 0 Å². The Morgan fingerprint density at radius 2 is 1.75 bits per heavy atom. The minimum absolute atomic E-state index is 0.000837. The van der Waals surface area contributed by atoms with Crippen LogP contribution in [0.25, 0.3) is 0 Å². The van der Waals surface area contributed by atoms with E-state index in [-0.39, 0.29) is 43.1 Å². The van der Waals surface area contributed by atoms with E-state index >= 15 is 0 Å². The summed E-state index contributed by atoms with van der Waals surface area (Å²) >= 11 is 1.31. The summed E-state index contributed by atoms with van der Waals surface area (Å²) in [6, 6.07) is 5.71. The minimum Gasteiger partial charge on any atom is -0.352 e. The lowest BCUT2D eigenvalue weighted by atomic mass is 10.1. The van der Waals surface area contributed by atoms with E-state index in [1.54, 1.807) is 11.6 Å². The van der Waals surface area contributed by atoms with Crippen molar-refractivity contribution in [2.75, 3.05) is 16.8 Å². The minimum atomic E-state index is -0.282. The zero-order chi connectivity index (χ0) is 20.7. The molecule has 2 N–H and O–H groups in total. The number of hydrogen-bond acceptors (Lipinski definition) is 5. The van der Waals surface area contributed by atoms with Gasteiger partial charge in [-0.3, -0.25) is 14.4 Å². The van der Waals surface area contributed by atoms with Gasteiger partial charge < -0.3 is 15.5 Å². The summed E-state index contributed by atoms with van der Waals surface area (Å²) in [6.45, 7) is 7.52. The highest BCUT2D eigenvalue weighted by atomic mass is 32.1. The molecule has 0 aliphatic heterocycles.